The van der Waals surface area contributed by atoms with Gasteiger partial charge in [0.05, 0.1) is 0 Å². The Morgan fingerprint density at radius 1 is 1.00 bits per heavy atom. The van der Waals surface area contributed by atoms with Gasteiger partial charge in [-0.15, -0.1) is 0 Å². The van der Waals surface area contributed by atoms with Crippen molar-refractivity contribution in [1.82, 2.24) is 16.4 Å². The number of Topliss-reactive ketones (excluding diaryl/α,β-unsaturated/α-hetero) is 1. The van der Waals surface area contributed by atoms with E-state index in [1.54, 1.807) is 18.2 Å². The summed E-state index contributed by atoms with van der Waals surface area (Å²) in [5, 5.41) is 31.3. The lowest BCUT2D eigenvalue weighted by Gasteiger charge is -2.43. The first-order chi connectivity index (χ1) is 7.20. The third kappa shape index (κ3) is 2.18. The van der Waals surface area contributed by atoms with Crippen LogP contribution in [-0.2, 0) is 0 Å². The molecule has 82 valence electrons. The van der Waals surface area contributed by atoms with Crippen LogP contribution in [0.3, 0.4) is 0 Å². The molecule has 0 aliphatic heterocycles. The van der Waals surface area contributed by atoms with Crippen LogP contribution in [0.2, 0.25) is 0 Å². The van der Waals surface area contributed by atoms with Gasteiger partial charge >= 0.3 is 0 Å². The zero-order valence-electron chi connectivity index (χ0n) is 7.52. The number of carbonyl (C=O) groups is 1. The van der Waals surface area contributed by atoms with Gasteiger partial charge in [-0.1, -0.05) is 30.3 Å². The van der Waals surface area contributed by atoms with Crippen molar-refractivity contribution < 1.29 is 4.79 Å². The summed E-state index contributed by atoms with van der Waals surface area (Å²) >= 11 is 0. The van der Waals surface area contributed by atoms with E-state index >= 15 is 0 Å². The summed E-state index contributed by atoms with van der Waals surface area (Å²) < 4.78 is 0. The molecule has 7 nitrogen and oxygen atoms in total. The van der Waals surface area contributed by atoms with E-state index in [9.17, 15) is 20.4 Å². The summed E-state index contributed by atoms with van der Waals surface area (Å²) in [5.41, 5.74) is 3.26. The standard InChI is InChI=1S/C8H8N3O4/c12-7(6-4-2-1-3-5-6)8(9-13,10-14)11-15/h1-5,9-11H/q-3. The van der Waals surface area contributed by atoms with Gasteiger partial charge in [-0.05, 0) is 0 Å². The van der Waals surface area contributed by atoms with Gasteiger partial charge in [0.15, 0.2) is 5.79 Å². The van der Waals surface area contributed by atoms with Gasteiger partial charge in [0.1, 0.15) is 0 Å². The van der Waals surface area contributed by atoms with E-state index in [1.165, 1.54) is 12.1 Å². The summed E-state index contributed by atoms with van der Waals surface area (Å²) in [7, 11) is 0. The van der Waals surface area contributed by atoms with Crippen molar-refractivity contribution in [2.75, 3.05) is 0 Å². The minimum Gasteiger partial charge on any atom is -0.785 e. The second-order valence-electron chi connectivity index (χ2n) is 2.75. The fourth-order valence-corrected chi connectivity index (χ4v) is 1.01. The number of hydrogen-bond acceptors (Lipinski definition) is 7. The van der Waals surface area contributed by atoms with Gasteiger partial charge in [0, 0.05) is 5.56 Å². The maximum Gasteiger partial charge on any atom is 0.209 e. The summed E-state index contributed by atoms with van der Waals surface area (Å²) in [6.07, 6.45) is 0. The number of nitrogens with one attached hydrogen (secondary N) is 3. The highest BCUT2D eigenvalue weighted by molar-refractivity contribution is 6.02. The first-order valence-electron chi connectivity index (χ1n) is 3.98. The van der Waals surface area contributed by atoms with Gasteiger partial charge in [-0.2, -0.15) is 0 Å². The molecule has 0 amide bonds. The summed E-state index contributed by atoms with van der Waals surface area (Å²) in [4.78, 5) is 11.6. The van der Waals surface area contributed by atoms with Crippen LogP contribution in [-0.4, -0.2) is 11.6 Å². The monoisotopic (exact) mass is 210 g/mol. The Morgan fingerprint density at radius 2 is 1.47 bits per heavy atom. The molecule has 0 aliphatic carbocycles. The van der Waals surface area contributed by atoms with Crippen LogP contribution in [0.4, 0.5) is 0 Å². The Morgan fingerprint density at radius 3 is 1.87 bits per heavy atom. The maximum atomic E-state index is 11.6. The highest BCUT2D eigenvalue weighted by Crippen LogP contribution is 2.08. The minimum absolute atomic E-state index is 0.0625. The van der Waals surface area contributed by atoms with E-state index in [0.29, 0.717) is 0 Å². The molecule has 0 saturated carbocycles. The van der Waals surface area contributed by atoms with Crippen molar-refractivity contribution in [3.63, 3.8) is 0 Å². The van der Waals surface area contributed by atoms with E-state index in [-0.39, 0.29) is 5.56 Å². The number of hydroxylamine groups is 3. The smallest absolute Gasteiger partial charge is 0.209 e. The molecular formula is C8H8N3O4-3. The molecule has 1 aromatic carbocycles. The van der Waals surface area contributed by atoms with Crippen LogP contribution in [0.1, 0.15) is 10.4 Å². The molecule has 0 aliphatic rings. The van der Waals surface area contributed by atoms with Crippen LogP contribution in [0.5, 0.6) is 0 Å². The van der Waals surface area contributed by atoms with Crippen molar-refractivity contribution >= 4 is 5.78 Å². The molecular weight excluding hydrogens is 202 g/mol. The maximum absolute atomic E-state index is 11.6. The number of benzene rings is 1. The predicted octanol–water partition coefficient (Wildman–Crippen LogP) is -0.215. The van der Waals surface area contributed by atoms with Gasteiger partial charge in [-0.25, -0.2) is 0 Å². The second-order valence-corrected chi connectivity index (χ2v) is 2.75. The van der Waals surface area contributed by atoms with Crippen LogP contribution in [0.25, 0.3) is 0 Å². The third-order valence-corrected chi connectivity index (χ3v) is 1.84. The largest absolute Gasteiger partial charge is 0.785 e. The van der Waals surface area contributed by atoms with Crippen molar-refractivity contribution in [3.8, 4) is 0 Å². The second kappa shape index (κ2) is 4.94. The fraction of sp³-hybridized carbons (Fsp3) is 0.125. The van der Waals surface area contributed by atoms with Gasteiger partial charge < -0.3 is 32.1 Å². The third-order valence-electron chi connectivity index (χ3n) is 1.84. The molecule has 0 radical (unpaired) electrons. The molecule has 0 saturated heterocycles. The molecule has 1 aromatic rings. The minimum atomic E-state index is -2.57. The lowest BCUT2D eigenvalue weighted by molar-refractivity contribution is 0.0813. The number of hydrogen-bond donors (Lipinski definition) is 3. The highest BCUT2D eigenvalue weighted by Gasteiger charge is 2.28. The van der Waals surface area contributed by atoms with E-state index in [0.717, 1.165) is 16.4 Å². The van der Waals surface area contributed by atoms with Crippen LogP contribution >= 0.6 is 0 Å². The molecule has 0 fully saturated rings. The van der Waals surface area contributed by atoms with Crippen molar-refractivity contribution in [3.05, 3.63) is 51.5 Å². The Balaban J connectivity index is 3.01. The summed E-state index contributed by atoms with van der Waals surface area (Å²) in [5.74, 6) is -3.54. The van der Waals surface area contributed by atoms with Gasteiger partial charge in [0.2, 0.25) is 5.78 Å². The molecule has 0 aromatic heterocycles. The molecule has 0 atom stereocenters. The van der Waals surface area contributed by atoms with Gasteiger partial charge in [0.25, 0.3) is 0 Å². The first-order valence-corrected chi connectivity index (χ1v) is 3.98. The van der Waals surface area contributed by atoms with Crippen molar-refractivity contribution in [1.29, 1.82) is 0 Å². The highest BCUT2D eigenvalue weighted by atomic mass is 16.6. The SMILES string of the molecule is O=C(c1ccccc1)C(N[O-])(N[O-])N[O-]. The van der Waals surface area contributed by atoms with E-state index in [2.05, 4.69) is 0 Å². The molecule has 3 N–H and O–H groups in total. The Hall–Kier alpha value is -1.35. The molecule has 15 heavy (non-hydrogen) atoms. The van der Waals surface area contributed by atoms with Gasteiger partial charge in [-0.3, -0.25) is 4.79 Å². The van der Waals surface area contributed by atoms with E-state index < -0.39 is 11.6 Å². The molecule has 1 rings (SSSR count). The molecule has 0 bridgehead atoms. The van der Waals surface area contributed by atoms with Crippen LogP contribution in [0.15, 0.2) is 30.3 Å². The lowest BCUT2D eigenvalue weighted by atomic mass is 10.1. The molecule has 7 heteroatoms. The first kappa shape index (κ1) is 11.7. The van der Waals surface area contributed by atoms with E-state index in [1.807, 2.05) is 0 Å². The number of rotatable bonds is 5. The zero-order chi connectivity index (χ0) is 11.3. The average molecular weight is 210 g/mol. The van der Waals surface area contributed by atoms with E-state index in [4.69, 9.17) is 0 Å². The summed E-state index contributed by atoms with van der Waals surface area (Å²) in [6.45, 7) is 0. The van der Waals surface area contributed by atoms with Crippen LogP contribution < -0.4 is 16.4 Å². The normalized spacial score (nSPS) is 11.4. The molecule has 0 unspecified atom stereocenters. The van der Waals surface area contributed by atoms with Crippen molar-refractivity contribution in [2.24, 2.45) is 0 Å². The average Bonchev–Trinajstić information content (AvgIpc) is 2.33. The predicted molar refractivity (Wildman–Crippen MR) is 53.0 cm³/mol. The quantitative estimate of drug-likeness (QED) is 0.349. The molecule has 0 heterocycles. The van der Waals surface area contributed by atoms with Crippen molar-refractivity contribution in [2.45, 2.75) is 5.79 Å². The fourth-order valence-electron chi connectivity index (χ4n) is 1.01. The number of ketones is 1. The number of carbonyl (C=O) groups excluding carboxylic acids is 1. The Kier molecular flexibility index (Phi) is 3.86. The van der Waals surface area contributed by atoms with Crippen LogP contribution in [0, 0.1) is 15.6 Å². The Bertz CT molecular complexity index is 318. The Labute approximate surface area is 85.2 Å². The zero-order valence-corrected chi connectivity index (χ0v) is 7.52. The summed E-state index contributed by atoms with van der Waals surface area (Å²) in [6, 6.07) is 7.49. The topological polar surface area (TPSA) is 122 Å². The molecule has 0 spiro atoms. The lowest BCUT2D eigenvalue weighted by Crippen LogP contribution is -2.66.